The quantitative estimate of drug-likeness (QED) is 0.887. The van der Waals surface area contributed by atoms with Crippen molar-refractivity contribution in [1.29, 1.82) is 0 Å². The van der Waals surface area contributed by atoms with Gasteiger partial charge in [0, 0.05) is 24.0 Å². The van der Waals surface area contributed by atoms with Crippen LogP contribution in [0.4, 0.5) is 0 Å². The first-order valence-electron chi connectivity index (χ1n) is 4.72. The molecule has 1 heterocycles. The molecule has 0 radical (unpaired) electrons. The normalized spacial score (nSPS) is 10.1. The van der Waals surface area contributed by atoms with Crippen molar-refractivity contribution in [2.75, 3.05) is 0 Å². The number of hydrogen-bond donors (Lipinski definition) is 1. The number of rotatable bonds is 3. The van der Waals surface area contributed by atoms with E-state index in [1.165, 1.54) is 6.20 Å². The number of nitrogens with zero attached hydrogens (tertiary/aromatic N) is 2. The number of ether oxygens (including phenoxy) is 1. The fraction of sp³-hybridized carbons (Fsp3) is 0.0909. The maximum atomic E-state index is 6.00. The van der Waals surface area contributed by atoms with Gasteiger partial charge in [-0.15, -0.1) is 0 Å². The van der Waals surface area contributed by atoms with Gasteiger partial charge in [-0.1, -0.05) is 17.7 Å². The van der Waals surface area contributed by atoms with Crippen LogP contribution in [0.3, 0.4) is 0 Å². The summed E-state index contributed by atoms with van der Waals surface area (Å²) in [4.78, 5) is 7.89. The van der Waals surface area contributed by atoms with Gasteiger partial charge in [0.1, 0.15) is 5.75 Å². The van der Waals surface area contributed by atoms with Gasteiger partial charge in [-0.2, -0.15) is 0 Å². The molecule has 5 heteroatoms. The Hall–Kier alpha value is -1.65. The van der Waals surface area contributed by atoms with E-state index in [1.807, 2.05) is 6.07 Å². The second-order valence-corrected chi connectivity index (χ2v) is 3.51. The third kappa shape index (κ3) is 2.48. The molecule has 0 aliphatic carbocycles. The van der Waals surface area contributed by atoms with E-state index in [0.717, 1.165) is 5.56 Å². The van der Waals surface area contributed by atoms with Gasteiger partial charge < -0.3 is 10.5 Å². The molecular formula is C11H10ClN3O. The molecule has 0 saturated carbocycles. The third-order valence-electron chi connectivity index (χ3n) is 2.01. The van der Waals surface area contributed by atoms with Crippen LogP contribution in [0.15, 0.2) is 36.8 Å². The highest BCUT2D eigenvalue weighted by molar-refractivity contribution is 6.31. The molecule has 0 fully saturated rings. The number of benzene rings is 1. The van der Waals surface area contributed by atoms with E-state index in [1.54, 1.807) is 24.5 Å². The molecule has 0 amide bonds. The van der Waals surface area contributed by atoms with E-state index in [0.29, 0.717) is 23.2 Å². The average Bonchev–Trinajstić information content (AvgIpc) is 2.31. The summed E-state index contributed by atoms with van der Waals surface area (Å²) in [5.41, 5.74) is 6.39. The standard InChI is InChI=1S/C11H10ClN3O/c12-10-5-9(2-1-8(10)6-13)16-11-7-14-3-4-15-11/h1-5,7H,6,13H2. The van der Waals surface area contributed by atoms with Crippen LogP contribution in [0.25, 0.3) is 0 Å². The predicted octanol–water partition coefficient (Wildman–Crippen LogP) is 2.38. The van der Waals surface area contributed by atoms with Crippen LogP contribution in [0.2, 0.25) is 5.02 Å². The zero-order valence-corrected chi connectivity index (χ0v) is 9.19. The van der Waals surface area contributed by atoms with Crippen molar-refractivity contribution in [1.82, 2.24) is 9.97 Å². The molecule has 4 nitrogen and oxygen atoms in total. The van der Waals surface area contributed by atoms with E-state index in [9.17, 15) is 0 Å². The maximum Gasteiger partial charge on any atom is 0.237 e. The van der Waals surface area contributed by atoms with Crippen molar-refractivity contribution in [3.8, 4) is 11.6 Å². The Bertz CT molecular complexity index is 476. The lowest BCUT2D eigenvalue weighted by Gasteiger charge is -2.06. The van der Waals surface area contributed by atoms with E-state index in [4.69, 9.17) is 22.1 Å². The monoisotopic (exact) mass is 235 g/mol. The topological polar surface area (TPSA) is 61.0 Å². The van der Waals surface area contributed by atoms with E-state index >= 15 is 0 Å². The fourth-order valence-electron chi connectivity index (χ4n) is 1.22. The molecule has 0 unspecified atom stereocenters. The van der Waals surface area contributed by atoms with E-state index in [2.05, 4.69) is 9.97 Å². The molecule has 16 heavy (non-hydrogen) atoms. The Morgan fingerprint density at radius 3 is 2.81 bits per heavy atom. The molecule has 1 aromatic heterocycles. The van der Waals surface area contributed by atoms with Crippen molar-refractivity contribution in [2.24, 2.45) is 5.73 Å². The van der Waals surface area contributed by atoms with Crippen molar-refractivity contribution < 1.29 is 4.74 Å². The number of aromatic nitrogens is 2. The molecule has 2 aromatic rings. The van der Waals surface area contributed by atoms with Gasteiger partial charge in [0.2, 0.25) is 5.88 Å². The van der Waals surface area contributed by atoms with Gasteiger partial charge in [0.15, 0.2) is 0 Å². The second kappa shape index (κ2) is 4.92. The molecular weight excluding hydrogens is 226 g/mol. The van der Waals surface area contributed by atoms with Gasteiger partial charge in [-0.25, -0.2) is 4.98 Å². The number of nitrogens with two attached hydrogens (primary N) is 1. The first-order valence-corrected chi connectivity index (χ1v) is 5.10. The summed E-state index contributed by atoms with van der Waals surface area (Å²) in [5.74, 6) is 1.04. The maximum absolute atomic E-state index is 6.00. The minimum Gasteiger partial charge on any atom is -0.437 e. The minimum absolute atomic E-state index is 0.407. The summed E-state index contributed by atoms with van der Waals surface area (Å²) < 4.78 is 5.46. The summed E-state index contributed by atoms with van der Waals surface area (Å²) in [7, 11) is 0. The highest BCUT2D eigenvalue weighted by atomic mass is 35.5. The molecule has 0 saturated heterocycles. The highest BCUT2D eigenvalue weighted by Crippen LogP contribution is 2.25. The predicted molar refractivity (Wildman–Crippen MR) is 61.4 cm³/mol. The van der Waals surface area contributed by atoms with Crippen LogP contribution in [0.5, 0.6) is 11.6 Å². The summed E-state index contributed by atoms with van der Waals surface area (Å²) >= 11 is 6.00. The van der Waals surface area contributed by atoms with Crippen molar-refractivity contribution in [2.45, 2.75) is 6.54 Å². The molecule has 2 N–H and O–H groups in total. The molecule has 1 aromatic carbocycles. The Balaban J connectivity index is 2.20. The molecule has 0 atom stereocenters. The molecule has 0 spiro atoms. The van der Waals surface area contributed by atoms with Crippen LogP contribution in [-0.4, -0.2) is 9.97 Å². The van der Waals surface area contributed by atoms with Crippen molar-refractivity contribution in [3.63, 3.8) is 0 Å². The molecule has 82 valence electrons. The second-order valence-electron chi connectivity index (χ2n) is 3.10. The summed E-state index contributed by atoms with van der Waals surface area (Å²) in [6.45, 7) is 0.407. The largest absolute Gasteiger partial charge is 0.437 e. The minimum atomic E-state index is 0.407. The summed E-state index contributed by atoms with van der Waals surface area (Å²) in [6.07, 6.45) is 4.67. The van der Waals surface area contributed by atoms with Crippen LogP contribution >= 0.6 is 11.6 Å². The van der Waals surface area contributed by atoms with Crippen LogP contribution in [0.1, 0.15) is 5.56 Å². The lowest BCUT2D eigenvalue weighted by molar-refractivity contribution is 0.460. The van der Waals surface area contributed by atoms with Crippen LogP contribution < -0.4 is 10.5 Å². The van der Waals surface area contributed by atoms with Crippen LogP contribution in [0, 0.1) is 0 Å². The van der Waals surface area contributed by atoms with E-state index < -0.39 is 0 Å². The Morgan fingerprint density at radius 2 is 2.19 bits per heavy atom. The number of halogens is 1. The Kier molecular flexibility index (Phi) is 3.34. The number of hydrogen-bond acceptors (Lipinski definition) is 4. The third-order valence-corrected chi connectivity index (χ3v) is 2.36. The van der Waals surface area contributed by atoms with Crippen molar-refractivity contribution in [3.05, 3.63) is 47.4 Å². The first-order chi connectivity index (χ1) is 7.79. The summed E-state index contributed by atoms with van der Waals surface area (Å²) in [6, 6.07) is 5.33. The zero-order chi connectivity index (χ0) is 11.4. The highest BCUT2D eigenvalue weighted by Gasteiger charge is 2.02. The first kappa shape index (κ1) is 10.9. The SMILES string of the molecule is NCc1ccc(Oc2cnccn2)cc1Cl. The molecule has 0 aliphatic rings. The average molecular weight is 236 g/mol. The Morgan fingerprint density at radius 1 is 1.31 bits per heavy atom. The van der Waals surface area contributed by atoms with E-state index in [-0.39, 0.29) is 0 Å². The van der Waals surface area contributed by atoms with Crippen molar-refractivity contribution >= 4 is 11.6 Å². The smallest absolute Gasteiger partial charge is 0.237 e. The van der Waals surface area contributed by atoms with Gasteiger partial charge in [-0.05, 0) is 17.7 Å². The summed E-state index contributed by atoms with van der Waals surface area (Å²) in [5, 5.41) is 0.587. The van der Waals surface area contributed by atoms with Crippen LogP contribution in [-0.2, 0) is 6.54 Å². The van der Waals surface area contributed by atoms with Gasteiger partial charge in [0.05, 0.1) is 6.20 Å². The van der Waals surface area contributed by atoms with Gasteiger partial charge in [-0.3, -0.25) is 4.98 Å². The molecule has 0 aliphatic heterocycles. The molecule has 2 rings (SSSR count). The lowest BCUT2D eigenvalue weighted by Crippen LogP contribution is -1.97. The lowest BCUT2D eigenvalue weighted by atomic mass is 10.2. The van der Waals surface area contributed by atoms with Gasteiger partial charge >= 0.3 is 0 Å². The van der Waals surface area contributed by atoms with Gasteiger partial charge in [0.25, 0.3) is 0 Å². The Labute approximate surface area is 98.0 Å². The molecule has 0 bridgehead atoms. The zero-order valence-electron chi connectivity index (χ0n) is 8.43. The fourth-order valence-corrected chi connectivity index (χ4v) is 1.46.